The summed E-state index contributed by atoms with van der Waals surface area (Å²) in [4.78, 5) is 51.5. The van der Waals surface area contributed by atoms with Gasteiger partial charge in [-0.1, -0.05) is 12.1 Å². The molecule has 1 aliphatic rings. The number of carboxylic acids is 2. The zero-order chi connectivity index (χ0) is 26.9. The molecule has 0 saturated carbocycles. The van der Waals surface area contributed by atoms with Crippen molar-refractivity contribution in [1.29, 1.82) is 0 Å². The number of hydrogen-bond acceptors (Lipinski definition) is 8. The summed E-state index contributed by atoms with van der Waals surface area (Å²) >= 11 is 0. The Labute approximate surface area is 211 Å². The van der Waals surface area contributed by atoms with E-state index in [1.54, 1.807) is 18.2 Å². The van der Waals surface area contributed by atoms with Crippen LogP contribution >= 0.6 is 0 Å². The van der Waals surface area contributed by atoms with Crippen molar-refractivity contribution in [2.45, 2.75) is 32.1 Å². The van der Waals surface area contributed by atoms with Crippen molar-refractivity contribution in [1.82, 2.24) is 0 Å². The van der Waals surface area contributed by atoms with Gasteiger partial charge >= 0.3 is 17.9 Å². The fourth-order valence-electron chi connectivity index (χ4n) is 3.70. The number of para-hydroxylation sites is 1. The average Bonchev–Trinajstić information content (AvgIpc) is 2.85. The number of ether oxygens (including phenoxy) is 3. The molecule has 196 valence electrons. The summed E-state index contributed by atoms with van der Waals surface area (Å²) in [5.74, 6) is -4.52. The number of aliphatic imine (C=N–C) groups is 1. The number of rotatable bonds is 9. The van der Waals surface area contributed by atoms with Gasteiger partial charge in [-0.3, -0.25) is 14.4 Å². The molecule has 1 heterocycles. The van der Waals surface area contributed by atoms with Crippen LogP contribution in [0.4, 0.5) is 5.69 Å². The molecular weight excluding hydrogens is 486 g/mol. The highest BCUT2D eigenvalue weighted by atomic mass is 16.6. The largest absolute Gasteiger partial charge is 0.492 e. The molecule has 0 amide bonds. The van der Waals surface area contributed by atoms with E-state index in [9.17, 15) is 24.3 Å². The second-order valence-electron chi connectivity index (χ2n) is 8.28. The fourth-order valence-corrected chi connectivity index (χ4v) is 3.70. The van der Waals surface area contributed by atoms with Crippen molar-refractivity contribution in [2.24, 2.45) is 22.4 Å². The second kappa shape index (κ2) is 12.4. The van der Waals surface area contributed by atoms with Crippen LogP contribution in [0.25, 0.3) is 0 Å². The molecular formula is C25H27N3O9. The molecule has 0 spiro atoms. The number of fused-ring (bicyclic) bond motifs is 2. The Morgan fingerprint density at radius 2 is 1.76 bits per heavy atom. The summed E-state index contributed by atoms with van der Waals surface area (Å²) in [6.45, 7) is 0.444. The molecule has 0 fully saturated rings. The molecule has 0 bridgehead atoms. The summed E-state index contributed by atoms with van der Waals surface area (Å²) in [6, 6.07) is 9.44. The third kappa shape index (κ3) is 7.69. The maximum Gasteiger partial charge on any atom is 0.347 e. The number of carbonyl (C=O) groups excluding carboxylic acids is 2. The first kappa shape index (κ1) is 27.0. The Hall–Kier alpha value is -4.61. The Kier molecular flexibility index (Phi) is 9.03. The summed E-state index contributed by atoms with van der Waals surface area (Å²) in [7, 11) is 0. The molecule has 3 rings (SSSR count). The van der Waals surface area contributed by atoms with E-state index < -0.39 is 42.5 Å². The molecule has 1 atom stereocenters. The zero-order valence-electron chi connectivity index (χ0n) is 19.8. The lowest BCUT2D eigenvalue weighted by atomic mass is 9.95. The number of carboxylic acid groups (broad SMARTS) is 2. The molecule has 37 heavy (non-hydrogen) atoms. The first-order chi connectivity index (χ1) is 17.6. The summed E-state index contributed by atoms with van der Waals surface area (Å²) in [5, 5.41) is 18.1. The van der Waals surface area contributed by atoms with Crippen LogP contribution in [0.2, 0.25) is 0 Å². The minimum Gasteiger partial charge on any atom is -0.492 e. The number of nitrogens with zero attached hydrogens (tertiary/aromatic N) is 1. The summed E-state index contributed by atoms with van der Waals surface area (Å²) in [6.07, 6.45) is -0.451. The van der Waals surface area contributed by atoms with Crippen molar-refractivity contribution in [2.75, 3.05) is 13.2 Å². The number of hydrogen-bond donors (Lipinski definition) is 4. The van der Waals surface area contributed by atoms with Gasteiger partial charge in [0.15, 0.2) is 17.5 Å². The maximum atomic E-state index is 13.0. The molecule has 0 aromatic heterocycles. The number of aliphatic carboxylic acids is 2. The van der Waals surface area contributed by atoms with E-state index >= 15 is 0 Å². The van der Waals surface area contributed by atoms with Gasteiger partial charge in [0.05, 0.1) is 31.2 Å². The van der Waals surface area contributed by atoms with E-state index in [0.29, 0.717) is 17.7 Å². The van der Waals surface area contributed by atoms with Crippen molar-refractivity contribution < 1.29 is 43.6 Å². The van der Waals surface area contributed by atoms with Gasteiger partial charge in [0, 0.05) is 25.3 Å². The Morgan fingerprint density at radius 3 is 2.46 bits per heavy atom. The van der Waals surface area contributed by atoms with Gasteiger partial charge in [-0.05, 0) is 30.2 Å². The normalized spacial score (nSPS) is 13.8. The standard InChI is InChI=1S/C25H27N3O9/c26-25(27)28-16-6-8-18-20(13-16)35-9-2-10-36-22-14(3-1-4-19(22)37-24(18)34)5-7-17(29)11-15(23(32)33)12-21(30)31/h1,3-4,6,8,13,15H,2,5,7,9-12H2,(H,30,31)(H,32,33)(H4,26,27,28). The zero-order valence-corrected chi connectivity index (χ0v) is 19.8. The highest BCUT2D eigenvalue weighted by Gasteiger charge is 2.25. The van der Waals surface area contributed by atoms with Crippen LogP contribution in [-0.2, 0) is 20.8 Å². The Morgan fingerprint density at radius 1 is 1.00 bits per heavy atom. The topological polar surface area (TPSA) is 201 Å². The predicted molar refractivity (Wildman–Crippen MR) is 130 cm³/mol. The number of esters is 1. The van der Waals surface area contributed by atoms with Crippen molar-refractivity contribution in [3.63, 3.8) is 0 Å². The van der Waals surface area contributed by atoms with E-state index in [1.807, 2.05) is 0 Å². The maximum absolute atomic E-state index is 13.0. The molecule has 2 aromatic carbocycles. The molecule has 0 radical (unpaired) electrons. The number of nitrogens with two attached hydrogens (primary N) is 2. The summed E-state index contributed by atoms with van der Waals surface area (Å²) < 4.78 is 17.2. The van der Waals surface area contributed by atoms with Gasteiger partial charge < -0.3 is 35.9 Å². The van der Waals surface area contributed by atoms with E-state index in [4.69, 9.17) is 30.8 Å². The van der Waals surface area contributed by atoms with Crippen molar-refractivity contribution in [3.8, 4) is 17.2 Å². The molecule has 12 heteroatoms. The Balaban J connectivity index is 1.80. The third-order valence-electron chi connectivity index (χ3n) is 5.42. The lowest BCUT2D eigenvalue weighted by Gasteiger charge is -2.15. The fraction of sp³-hybridized carbons (Fsp3) is 0.320. The molecule has 2 aromatic rings. The van der Waals surface area contributed by atoms with Gasteiger partial charge in [-0.15, -0.1) is 0 Å². The SMILES string of the molecule is NC(N)=Nc1ccc2c(c1)OCCCOc1c(CCC(=O)CC(CC(=O)O)C(=O)O)cccc1OC2=O. The van der Waals surface area contributed by atoms with E-state index in [2.05, 4.69) is 4.99 Å². The van der Waals surface area contributed by atoms with Crippen LogP contribution in [0, 0.1) is 5.92 Å². The minimum atomic E-state index is -1.34. The van der Waals surface area contributed by atoms with Gasteiger partial charge in [0.1, 0.15) is 17.1 Å². The smallest absolute Gasteiger partial charge is 0.347 e. The molecule has 0 aliphatic carbocycles. The van der Waals surface area contributed by atoms with Crippen LogP contribution in [0.1, 0.15) is 41.6 Å². The molecule has 0 saturated heterocycles. The minimum absolute atomic E-state index is 0.0450. The number of guanidine groups is 1. The third-order valence-corrected chi connectivity index (χ3v) is 5.42. The molecule has 6 N–H and O–H groups in total. The average molecular weight is 514 g/mol. The number of aryl methyl sites for hydroxylation is 1. The first-order valence-electron chi connectivity index (χ1n) is 11.4. The van der Waals surface area contributed by atoms with Crippen molar-refractivity contribution in [3.05, 3.63) is 47.5 Å². The predicted octanol–water partition coefficient (Wildman–Crippen LogP) is 2.04. The molecule has 1 unspecified atom stereocenters. The highest BCUT2D eigenvalue weighted by molar-refractivity contribution is 5.95. The monoisotopic (exact) mass is 513 g/mol. The van der Waals surface area contributed by atoms with Gasteiger partial charge in [0.2, 0.25) is 0 Å². The van der Waals surface area contributed by atoms with Crippen LogP contribution < -0.4 is 25.7 Å². The van der Waals surface area contributed by atoms with Gasteiger partial charge in [0.25, 0.3) is 0 Å². The number of carbonyl (C=O) groups is 4. The first-order valence-corrected chi connectivity index (χ1v) is 11.4. The lowest BCUT2D eigenvalue weighted by Crippen LogP contribution is -2.21. The molecule has 12 nitrogen and oxygen atoms in total. The van der Waals surface area contributed by atoms with Crippen molar-refractivity contribution >= 4 is 35.3 Å². The lowest BCUT2D eigenvalue weighted by molar-refractivity contribution is -0.149. The van der Waals surface area contributed by atoms with Gasteiger partial charge in [-0.2, -0.15) is 0 Å². The van der Waals surface area contributed by atoms with Crippen LogP contribution in [-0.4, -0.2) is 53.1 Å². The van der Waals surface area contributed by atoms with Crippen LogP contribution in [0.5, 0.6) is 17.2 Å². The number of ketones is 1. The number of benzene rings is 2. The van der Waals surface area contributed by atoms with Gasteiger partial charge in [-0.25, -0.2) is 9.79 Å². The molecule has 1 aliphatic heterocycles. The van der Waals surface area contributed by atoms with Crippen LogP contribution in [0.15, 0.2) is 41.4 Å². The van der Waals surface area contributed by atoms with Crippen LogP contribution in [0.3, 0.4) is 0 Å². The number of Topliss-reactive ketones (excluding diaryl/α,β-unsaturated/α-hetero) is 1. The van der Waals surface area contributed by atoms with E-state index in [1.165, 1.54) is 18.2 Å². The highest BCUT2D eigenvalue weighted by Crippen LogP contribution is 2.35. The second-order valence-corrected chi connectivity index (χ2v) is 8.28. The quantitative estimate of drug-likeness (QED) is 0.165. The van der Waals surface area contributed by atoms with E-state index in [-0.39, 0.29) is 54.8 Å². The van der Waals surface area contributed by atoms with E-state index in [0.717, 1.165) is 0 Å². The summed E-state index contributed by atoms with van der Waals surface area (Å²) in [5.41, 5.74) is 12.0. The Bertz CT molecular complexity index is 1220.